The molecule has 146 valence electrons. The third-order valence-corrected chi connectivity index (χ3v) is 4.86. The third kappa shape index (κ3) is 3.79. The summed E-state index contributed by atoms with van der Waals surface area (Å²) < 4.78 is 11.2. The first-order chi connectivity index (χ1) is 13.3. The second-order valence-electron chi connectivity index (χ2n) is 7.07. The molecule has 1 aromatic heterocycles. The fraction of sp³-hybridized carbons (Fsp3) is 0.304. The summed E-state index contributed by atoms with van der Waals surface area (Å²) >= 11 is 0. The standard InChI is InChI=1S/C23H24O5/c1-5-15(4)27-20(24)12-19-21(17-8-6-7-9-18(17)28-19)23(26)16-10-13(2)22(25)14(3)11-16/h6-11,15,25H,5,12H2,1-4H3/t15-/m0/s1. The fourth-order valence-corrected chi connectivity index (χ4v) is 3.18. The molecule has 0 radical (unpaired) electrons. The molecule has 0 spiro atoms. The maximum Gasteiger partial charge on any atom is 0.313 e. The van der Waals surface area contributed by atoms with E-state index in [0.29, 0.717) is 45.4 Å². The lowest BCUT2D eigenvalue weighted by atomic mass is 9.96. The van der Waals surface area contributed by atoms with Gasteiger partial charge in [0, 0.05) is 10.9 Å². The lowest BCUT2D eigenvalue weighted by Crippen LogP contribution is -2.17. The molecule has 5 nitrogen and oxygen atoms in total. The number of carbonyl (C=O) groups is 2. The fourth-order valence-electron chi connectivity index (χ4n) is 3.18. The van der Waals surface area contributed by atoms with Gasteiger partial charge in [0.15, 0.2) is 5.78 Å². The SMILES string of the molecule is CC[C@H](C)OC(=O)Cc1oc2ccccc2c1C(=O)c1cc(C)c(O)c(C)c1. The van der Waals surface area contributed by atoms with Crippen molar-refractivity contribution >= 4 is 22.7 Å². The molecule has 0 amide bonds. The van der Waals surface area contributed by atoms with Crippen LogP contribution in [0.5, 0.6) is 5.75 Å². The Bertz CT molecular complexity index is 1020. The minimum absolute atomic E-state index is 0.115. The van der Waals surface area contributed by atoms with Gasteiger partial charge in [-0.2, -0.15) is 0 Å². The number of phenols is 1. The Balaban J connectivity index is 2.06. The Kier molecular flexibility index (Phi) is 5.54. The van der Waals surface area contributed by atoms with Crippen LogP contribution in [0.2, 0.25) is 0 Å². The van der Waals surface area contributed by atoms with Crippen LogP contribution < -0.4 is 0 Å². The molecule has 1 heterocycles. The first-order valence-corrected chi connectivity index (χ1v) is 9.36. The molecule has 1 atom stereocenters. The molecule has 0 bridgehead atoms. The smallest absolute Gasteiger partial charge is 0.313 e. The molecule has 0 aliphatic heterocycles. The number of para-hydroxylation sites is 1. The van der Waals surface area contributed by atoms with E-state index >= 15 is 0 Å². The maximum absolute atomic E-state index is 13.3. The second kappa shape index (κ2) is 7.89. The molecule has 0 aliphatic rings. The summed E-state index contributed by atoms with van der Waals surface area (Å²) in [5, 5.41) is 10.7. The normalized spacial score (nSPS) is 12.1. The molecule has 0 fully saturated rings. The lowest BCUT2D eigenvalue weighted by Gasteiger charge is -2.11. The number of aryl methyl sites for hydroxylation is 2. The highest BCUT2D eigenvalue weighted by molar-refractivity contribution is 6.17. The first-order valence-electron chi connectivity index (χ1n) is 9.36. The Morgan fingerprint density at radius 1 is 1.14 bits per heavy atom. The Morgan fingerprint density at radius 2 is 1.79 bits per heavy atom. The number of aromatic hydroxyl groups is 1. The highest BCUT2D eigenvalue weighted by Crippen LogP contribution is 2.31. The van der Waals surface area contributed by atoms with Crippen LogP contribution in [0.1, 0.15) is 53.1 Å². The van der Waals surface area contributed by atoms with Gasteiger partial charge in [-0.25, -0.2) is 0 Å². The molecule has 0 saturated heterocycles. The Morgan fingerprint density at radius 3 is 2.43 bits per heavy atom. The van der Waals surface area contributed by atoms with Gasteiger partial charge in [0.25, 0.3) is 0 Å². The van der Waals surface area contributed by atoms with Crippen molar-refractivity contribution in [3.05, 3.63) is 64.4 Å². The average Bonchev–Trinajstić information content (AvgIpc) is 3.02. The van der Waals surface area contributed by atoms with Crippen LogP contribution in [-0.2, 0) is 16.0 Å². The predicted octanol–water partition coefficient (Wildman–Crippen LogP) is 4.87. The summed E-state index contributed by atoms with van der Waals surface area (Å²) in [6.07, 6.45) is 0.401. The van der Waals surface area contributed by atoms with Crippen LogP contribution in [0, 0.1) is 13.8 Å². The van der Waals surface area contributed by atoms with E-state index in [-0.39, 0.29) is 24.1 Å². The average molecular weight is 380 g/mol. The van der Waals surface area contributed by atoms with Gasteiger partial charge in [0.1, 0.15) is 23.5 Å². The Labute approximate surface area is 163 Å². The summed E-state index contributed by atoms with van der Waals surface area (Å²) in [5.74, 6) is -0.211. The van der Waals surface area contributed by atoms with Crippen LogP contribution in [0.4, 0.5) is 0 Å². The highest BCUT2D eigenvalue weighted by Gasteiger charge is 2.25. The van der Waals surface area contributed by atoms with E-state index in [1.807, 2.05) is 26.0 Å². The van der Waals surface area contributed by atoms with E-state index in [1.54, 1.807) is 38.1 Å². The molecule has 1 N–H and O–H groups in total. The molecule has 5 heteroatoms. The number of ether oxygens (including phenoxy) is 1. The number of carbonyl (C=O) groups excluding carboxylic acids is 2. The summed E-state index contributed by atoms with van der Waals surface area (Å²) in [7, 11) is 0. The van der Waals surface area contributed by atoms with E-state index in [1.165, 1.54) is 0 Å². The summed E-state index contributed by atoms with van der Waals surface area (Å²) in [6.45, 7) is 7.25. The summed E-state index contributed by atoms with van der Waals surface area (Å²) in [6, 6.07) is 10.5. The molecule has 3 rings (SSSR count). The van der Waals surface area contributed by atoms with Crippen LogP contribution in [0.15, 0.2) is 40.8 Å². The summed E-state index contributed by atoms with van der Waals surface area (Å²) in [4.78, 5) is 25.6. The van der Waals surface area contributed by atoms with Crippen molar-refractivity contribution in [2.75, 3.05) is 0 Å². The van der Waals surface area contributed by atoms with Crippen LogP contribution in [0.3, 0.4) is 0 Å². The topological polar surface area (TPSA) is 76.7 Å². The third-order valence-electron chi connectivity index (χ3n) is 4.86. The van der Waals surface area contributed by atoms with Crippen LogP contribution in [0.25, 0.3) is 11.0 Å². The van der Waals surface area contributed by atoms with E-state index < -0.39 is 5.97 Å². The molecule has 0 saturated carbocycles. The monoisotopic (exact) mass is 380 g/mol. The quantitative estimate of drug-likeness (QED) is 0.488. The second-order valence-corrected chi connectivity index (χ2v) is 7.07. The number of ketones is 1. The molecular formula is C23H24O5. The van der Waals surface area contributed by atoms with E-state index in [0.717, 1.165) is 0 Å². The van der Waals surface area contributed by atoms with Crippen molar-refractivity contribution in [1.29, 1.82) is 0 Å². The molecular weight excluding hydrogens is 356 g/mol. The molecule has 3 aromatic rings. The van der Waals surface area contributed by atoms with Crippen LogP contribution in [-0.4, -0.2) is 23.0 Å². The largest absolute Gasteiger partial charge is 0.507 e. The minimum atomic E-state index is -0.430. The first kappa shape index (κ1) is 19.7. The minimum Gasteiger partial charge on any atom is -0.507 e. The molecule has 2 aromatic carbocycles. The molecule has 28 heavy (non-hydrogen) atoms. The number of hydrogen-bond donors (Lipinski definition) is 1. The number of benzene rings is 2. The number of esters is 1. The zero-order valence-electron chi connectivity index (χ0n) is 16.5. The highest BCUT2D eigenvalue weighted by atomic mass is 16.5. The zero-order chi connectivity index (χ0) is 20.4. The molecule has 0 unspecified atom stereocenters. The lowest BCUT2D eigenvalue weighted by molar-refractivity contribution is -0.147. The van der Waals surface area contributed by atoms with E-state index in [4.69, 9.17) is 9.15 Å². The van der Waals surface area contributed by atoms with Gasteiger partial charge in [0.2, 0.25) is 0 Å². The van der Waals surface area contributed by atoms with Crippen molar-refractivity contribution in [2.45, 2.75) is 46.6 Å². The number of phenolic OH excluding ortho intramolecular Hbond substituents is 1. The molecule has 0 aliphatic carbocycles. The van der Waals surface area contributed by atoms with Crippen molar-refractivity contribution < 1.29 is 23.8 Å². The zero-order valence-corrected chi connectivity index (χ0v) is 16.5. The summed E-state index contributed by atoms with van der Waals surface area (Å²) in [5.41, 5.74) is 2.59. The number of furan rings is 1. The van der Waals surface area contributed by atoms with Gasteiger partial charge < -0.3 is 14.3 Å². The maximum atomic E-state index is 13.3. The van der Waals surface area contributed by atoms with Gasteiger partial charge in [-0.3, -0.25) is 9.59 Å². The van der Waals surface area contributed by atoms with Crippen molar-refractivity contribution in [2.24, 2.45) is 0 Å². The van der Waals surface area contributed by atoms with Crippen molar-refractivity contribution in [3.8, 4) is 5.75 Å². The predicted molar refractivity (Wildman–Crippen MR) is 107 cm³/mol. The van der Waals surface area contributed by atoms with Crippen molar-refractivity contribution in [3.63, 3.8) is 0 Å². The van der Waals surface area contributed by atoms with Gasteiger partial charge >= 0.3 is 5.97 Å². The van der Waals surface area contributed by atoms with E-state index in [9.17, 15) is 14.7 Å². The number of fused-ring (bicyclic) bond motifs is 1. The number of rotatable bonds is 6. The Hall–Kier alpha value is -3.08. The van der Waals surface area contributed by atoms with Gasteiger partial charge in [0.05, 0.1) is 11.7 Å². The number of hydrogen-bond acceptors (Lipinski definition) is 5. The van der Waals surface area contributed by atoms with Gasteiger partial charge in [-0.15, -0.1) is 0 Å². The van der Waals surface area contributed by atoms with Gasteiger partial charge in [-0.1, -0.05) is 25.1 Å². The van der Waals surface area contributed by atoms with Crippen LogP contribution >= 0.6 is 0 Å². The van der Waals surface area contributed by atoms with E-state index in [2.05, 4.69) is 0 Å². The van der Waals surface area contributed by atoms with Gasteiger partial charge in [-0.05, 0) is 56.5 Å². The van der Waals surface area contributed by atoms with Crippen molar-refractivity contribution in [1.82, 2.24) is 0 Å².